The molecule has 3 heterocycles. The predicted molar refractivity (Wildman–Crippen MR) is 102 cm³/mol. The summed E-state index contributed by atoms with van der Waals surface area (Å²) in [6.45, 7) is 2.40. The Morgan fingerprint density at radius 3 is 3.11 bits per heavy atom. The van der Waals surface area contributed by atoms with E-state index < -0.39 is 5.82 Å². The van der Waals surface area contributed by atoms with Crippen LogP contribution in [0.3, 0.4) is 0 Å². The van der Waals surface area contributed by atoms with E-state index in [9.17, 15) is 9.18 Å². The lowest BCUT2D eigenvalue weighted by molar-refractivity contribution is -0.134. The number of carbonyl (C=O) groups excluding carboxylic acids is 1. The molecule has 4 rings (SSSR count). The first kappa shape index (κ1) is 18.8. The van der Waals surface area contributed by atoms with Gasteiger partial charge in [-0.1, -0.05) is 6.07 Å². The normalized spacial score (nSPS) is 19.2. The van der Waals surface area contributed by atoms with Crippen LogP contribution in [0.2, 0.25) is 0 Å². The van der Waals surface area contributed by atoms with E-state index in [1.54, 1.807) is 12.1 Å². The quantitative estimate of drug-likeness (QED) is 0.878. The molecule has 2 aromatic rings. The van der Waals surface area contributed by atoms with Crippen LogP contribution in [0.15, 0.2) is 24.4 Å². The van der Waals surface area contributed by atoms with Crippen molar-refractivity contribution in [3.8, 4) is 5.75 Å². The topological polar surface area (TPSA) is 67.3 Å². The molecule has 0 spiro atoms. The SMILES string of the molecule is COc1ccc(CC(=O)N2CCCCC2c2ncc3c(n2)CCNC3)cc1F. The van der Waals surface area contributed by atoms with Crippen LogP contribution in [-0.4, -0.2) is 41.0 Å². The molecule has 28 heavy (non-hydrogen) atoms. The zero-order chi connectivity index (χ0) is 19.5. The zero-order valence-electron chi connectivity index (χ0n) is 16.1. The van der Waals surface area contributed by atoms with Crippen molar-refractivity contribution in [1.29, 1.82) is 0 Å². The van der Waals surface area contributed by atoms with Crippen LogP contribution in [0.5, 0.6) is 5.75 Å². The number of methoxy groups -OCH3 is 1. The number of carbonyl (C=O) groups is 1. The van der Waals surface area contributed by atoms with Gasteiger partial charge in [0.15, 0.2) is 17.4 Å². The number of halogens is 1. The molecule has 7 heteroatoms. The first-order chi connectivity index (χ1) is 13.7. The smallest absolute Gasteiger partial charge is 0.227 e. The Morgan fingerprint density at radius 2 is 2.29 bits per heavy atom. The molecule has 0 radical (unpaired) electrons. The molecule has 1 amide bonds. The highest BCUT2D eigenvalue weighted by atomic mass is 19.1. The standard InChI is InChI=1S/C21H25FN4O2/c1-28-19-6-5-14(10-16(19)22)11-20(27)26-9-3-2-4-18(26)21-24-13-15-12-23-8-7-17(15)25-21/h5-6,10,13,18,23H,2-4,7-9,11-12H2,1H3. The van der Waals surface area contributed by atoms with E-state index in [0.29, 0.717) is 12.1 Å². The molecular formula is C21H25FN4O2. The molecule has 1 atom stereocenters. The Kier molecular flexibility index (Phi) is 5.52. The zero-order valence-corrected chi connectivity index (χ0v) is 16.1. The third-order valence-corrected chi connectivity index (χ3v) is 5.52. The number of hydrogen-bond donors (Lipinski definition) is 1. The van der Waals surface area contributed by atoms with E-state index in [2.05, 4.69) is 10.3 Å². The summed E-state index contributed by atoms with van der Waals surface area (Å²) in [4.78, 5) is 24.2. The molecule has 1 aromatic carbocycles. The summed E-state index contributed by atoms with van der Waals surface area (Å²) in [5.41, 5.74) is 2.86. The largest absolute Gasteiger partial charge is 0.494 e. The molecule has 2 aliphatic heterocycles. The van der Waals surface area contributed by atoms with E-state index in [1.165, 1.54) is 13.2 Å². The van der Waals surface area contributed by atoms with Crippen molar-refractivity contribution in [1.82, 2.24) is 20.2 Å². The van der Waals surface area contributed by atoms with Crippen molar-refractivity contribution < 1.29 is 13.9 Å². The highest BCUT2D eigenvalue weighted by Gasteiger charge is 2.30. The number of nitrogens with one attached hydrogen (secondary N) is 1. The molecule has 1 fully saturated rings. The Morgan fingerprint density at radius 1 is 1.39 bits per heavy atom. The fourth-order valence-electron chi connectivity index (χ4n) is 4.01. The number of piperidine rings is 1. The Labute approximate surface area is 164 Å². The van der Waals surface area contributed by atoms with Gasteiger partial charge in [-0.15, -0.1) is 0 Å². The van der Waals surface area contributed by atoms with Crippen molar-refractivity contribution >= 4 is 5.91 Å². The second-order valence-electron chi connectivity index (χ2n) is 7.37. The number of likely N-dealkylation sites (tertiary alicyclic amines) is 1. The maximum Gasteiger partial charge on any atom is 0.227 e. The van der Waals surface area contributed by atoms with Crippen LogP contribution >= 0.6 is 0 Å². The van der Waals surface area contributed by atoms with Gasteiger partial charge in [-0.25, -0.2) is 14.4 Å². The lowest BCUT2D eigenvalue weighted by Crippen LogP contribution is -2.40. The fourth-order valence-corrected chi connectivity index (χ4v) is 4.01. The molecule has 6 nitrogen and oxygen atoms in total. The fraction of sp³-hybridized carbons (Fsp3) is 0.476. The second kappa shape index (κ2) is 8.22. The predicted octanol–water partition coefficient (Wildman–Crippen LogP) is 2.57. The van der Waals surface area contributed by atoms with Gasteiger partial charge in [0, 0.05) is 43.5 Å². The number of benzene rings is 1. The number of ether oxygens (including phenoxy) is 1. The molecule has 1 N–H and O–H groups in total. The molecule has 0 bridgehead atoms. The van der Waals surface area contributed by atoms with Crippen LogP contribution in [0.1, 0.15) is 47.9 Å². The van der Waals surface area contributed by atoms with Gasteiger partial charge < -0.3 is 15.0 Å². The van der Waals surface area contributed by atoms with Gasteiger partial charge in [0.1, 0.15) is 0 Å². The van der Waals surface area contributed by atoms with Crippen LogP contribution in [0.25, 0.3) is 0 Å². The highest BCUT2D eigenvalue weighted by molar-refractivity contribution is 5.79. The van der Waals surface area contributed by atoms with Crippen LogP contribution < -0.4 is 10.1 Å². The van der Waals surface area contributed by atoms with Crippen molar-refractivity contribution in [2.45, 2.75) is 44.7 Å². The molecule has 1 saturated heterocycles. The maximum atomic E-state index is 14.0. The maximum absolute atomic E-state index is 14.0. The molecule has 1 aromatic heterocycles. The lowest BCUT2D eigenvalue weighted by atomic mass is 9.99. The first-order valence-corrected chi connectivity index (χ1v) is 9.83. The van der Waals surface area contributed by atoms with Gasteiger partial charge in [-0.2, -0.15) is 0 Å². The van der Waals surface area contributed by atoms with Crippen LogP contribution in [0.4, 0.5) is 4.39 Å². The highest BCUT2D eigenvalue weighted by Crippen LogP contribution is 2.30. The van der Waals surface area contributed by atoms with E-state index >= 15 is 0 Å². The minimum Gasteiger partial charge on any atom is -0.494 e. The monoisotopic (exact) mass is 384 g/mol. The molecule has 0 aliphatic carbocycles. The number of fused-ring (bicyclic) bond motifs is 1. The summed E-state index contributed by atoms with van der Waals surface area (Å²) in [5, 5.41) is 3.32. The summed E-state index contributed by atoms with van der Waals surface area (Å²) in [5.74, 6) is 0.450. The molecular weight excluding hydrogens is 359 g/mol. The Balaban J connectivity index is 1.53. The minimum atomic E-state index is -0.449. The van der Waals surface area contributed by atoms with Gasteiger partial charge in [-0.3, -0.25) is 4.79 Å². The average Bonchev–Trinajstić information content (AvgIpc) is 2.73. The minimum absolute atomic E-state index is 0.0164. The van der Waals surface area contributed by atoms with E-state index in [-0.39, 0.29) is 24.1 Å². The van der Waals surface area contributed by atoms with E-state index in [0.717, 1.165) is 55.9 Å². The van der Waals surface area contributed by atoms with Gasteiger partial charge >= 0.3 is 0 Å². The summed E-state index contributed by atoms with van der Waals surface area (Å²) in [6, 6.07) is 4.57. The Bertz CT molecular complexity index is 873. The summed E-state index contributed by atoms with van der Waals surface area (Å²) >= 11 is 0. The number of nitrogens with zero attached hydrogens (tertiary/aromatic N) is 3. The van der Waals surface area contributed by atoms with Crippen LogP contribution in [-0.2, 0) is 24.2 Å². The third-order valence-electron chi connectivity index (χ3n) is 5.52. The van der Waals surface area contributed by atoms with Crippen molar-refractivity contribution in [3.05, 3.63) is 52.9 Å². The summed E-state index contributed by atoms with van der Waals surface area (Å²) < 4.78 is 18.9. The number of amides is 1. The van der Waals surface area contributed by atoms with Gasteiger partial charge in [0.2, 0.25) is 5.91 Å². The number of aromatic nitrogens is 2. The molecule has 0 saturated carbocycles. The van der Waals surface area contributed by atoms with E-state index in [1.807, 2.05) is 11.1 Å². The van der Waals surface area contributed by atoms with Crippen LogP contribution in [0, 0.1) is 5.82 Å². The second-order valence-corrected chi connectivity index (χ2v) is 7.37. The van der Waals surface area contributed by atoms with Crippen molar-refractivity contribution in [2.24, 2.45) is 0 Å². The summed E-state index contributed by atoms with van der Waals surface area (Å²) in [7, 11) is 1.43. The Hall–Kier alpha value is -2.54. The molecule has 2 aliphatic rings. The van der Waals surface area contributed by atoms with Gasteiger partial charge in [0.25, 0.3) is 0 Å². The van der Waals surface area contributed by atoms with Gasteiger partial charge in [0.05, 0.1) is 19.6 Å². The molecule has 1 unspecified atom stereocenters. The van der Waals surface area contributed by atoms with Crippen molar-refractivity contribution in [3.63, 3.8) is 0 Å². The number of hydrogen-bond acceptors (Lipinski definition) is 5. The summed E-state index contributed by atoms with van der Waals surface area (Å²) in [6.07, 6.45) is 5.81. The third kappa shape index (κ3) is 3.85. The average molecular weight is 384 g/mol. The van der Waals surface area contributed by atoms with Gasteiger partial charge in [-0.05, 0) is 37.0 Å². The molecule has 148 valence electrons. The number of rotatable bonds is 4. The lowest BCUT2D eigenvalue weighted by Gasteiger charge is -2.35. The van der Waals surface area contributed by atoms with E-state index in [4.69, 9.17) is 9.72 Å². The first-order valence-electron chi connectivity index (χ1n) is 9.83. The van der Waals surface area contributed by atoms with Crippen molar-refractivity contribution in [2.75, 3.05) is 20.2 Å².